The van der Waals surface area contributed by atoms with Crippen LogP contribution in [-0.4, -0.2) is 16.9 Å². The van der Waals surface area contributed by atoms with E-state index in [1.54, 1.807) is 18.5 Å². The lowest BCUT2D eigenvalue weighted by Crippen LogP contribution is -2.29. The van der Waals surface area contributed by atoms with E-state index in [9.17, 15) is 4.79 Å². The standard InChI is InChI=1S/C14H16N4O2/c15-9-6-12(13(16)19)14(17-7-9)18(10-3-4-10)8-11-2-1-5-20-11/h1-2,5-7,10H,3-4,8,15H2,(H2,16,19). The molecule has 0 atom stereocenters. The van der Waals surface area contributed by atoms with Crippen molar-refractivity contribution in [2.75, 3.05) is 10.6 Å². The van der Waals surface area contributed by atoms with Crippen LogP contribution in [0.25, 0.3) is 0 Å². The van der Waals surface area contributed by atoms with Crippen LogP contribution in [0.5, 0.6) is 0 Å². The third-order valence-electron chi connectivity index (χ3n) is 3.32. The summed E-state index contributed by atoms with van der Waals surface area (Å²) in [5, 5.41) is 0. The summed E-state index contributed by atoms with van der Waals surface area (Å²) in [6.07, 6.45) is 5.32. The molecule has 2 aromatic heterocycles. The summed E-state index contributed by atoms with van der Waals surface area (Å²) < 4.78 is 5.38. The highest BCUT2D eigenvalue weighted by Gasteiger charge is 2.32. The van der Waals surface area contributed by atoms with Crippen LogP contribution in [0.1, 0.15) is 29.0 Å². The lowest BCUT2D eigenvalue weighted by molar-refractivity contribution is 0.100. The number of pyridine rings is 1. The van der Waals surface area contributed by atoms with E-state index < -0.39 is 5.91 Å². The molecule has 0 aliphatic heterocycles. The quantitative estimate of drug-likeness (QED) is 0.860. The minimum absolute atomic E-state index is 0.350. The lowest BCUT2D eigenvalue weighted by Gasteiger charge is -2.24. The molecule has 104 valence electrons. The van der Waals surface area contributed by atoms with Gasteiger partial charge >= 0.3 is 0 Å². The van der Waals surface area contributed by atoms with Crippen molar-refractivity contribution < 1.29 is 9.21 Å². The number of carbonyl (C=O) groups is 1. The SMILES string of the molecule is NC(=O)c1cc(N)cnc1N(Cc1ccco1)C1CC1. The largest absolute Gasteiger partial charge is 0.467 e. The van der Waals surface area contributed by atoms with Gasteiger partial charge < -0.3 is 20.8 Å². The molecule has 1 aliphatic carbocycles. The molecule has 4 N–H and O–H groups in total. The first kappa shape index (κ1) is 12.5. The first-order valence-electron chi connectivity index (χ1n) is 6.49. The number of hydrogen-bond donors (Lipinski definition) is 2. The zero-order valence-electron chi connectivity index (χ0n) is 11.0. The van der Waals surface area contributed by atoms with Gasteiger partial charge in [-0.25, -0.2) is 4.98 Å². The maximum Gasteiger partial charge on any atom is 0.252 e. The molecule has 3 rings (SSSR count). The Bertz CT molecular complexity index is 620. The van der Waals surface area contributed by atoms with Gasteiger partial charge in [0.15, 0.2) is 0 Å². The van der Waals surface area contributed by atoms with Crippen LogP contribution >= 0.6 is 0 Å². The topological polar surface area (TPSA) is 98.4 Å². The zero-order chi connectivity index (χ0) is 14.1. The van der Waals surface area contributed by atoms with E-state index in [0.29, 0.717) is 29.7 Å². The fraction of sp³-hybridized carbons (Fsp3) is 0.286. The molecular formula is C14H16N4O2. The molecule has 0 saturated heterocycles. The molecule has 1 saturated carbocycles. The number of anilines is 2. The van der Waals surface area contributed by atoms with Gasteiger partial charge in [-0.1, -0.05) is 0 Å². The summed E-state index contributed by atoms with van der Waals surface area (Å²) in [5.74, 6) is 0.876. The van der Waals surface area contributed by atoms with Crippen molar-refractivity contribution in [2.45, 2.75) is 25.4 Å². The van der Waals surface area contributed by atoms with Crippen molar-refractivity contribution in [1.82, 2.24) is 4.98 Å². The van der Waals surface area contributed by atoms with Crippen molar-refractivity contribution in [3.8, 4) is 0 Å². The second kappa shape index (κ2) is 4.88. The van der Waals surface area contributed by atoms with E-state index in [1.165, 1.54) is 0 Å². The number of rotatable bonds is 5. The number of aromatic nitrogens is 1. The van der Waals surface area contributed by atoms with Crippen LogP contribution in [0.2, 0.25) is 0 Å². The Morgan fingerprint density at radius 3 is 2.90 bits per heavy atom. The lowest BCUT2D eigenvalue weighted by atomic mass is 10.2. The number of primary amides is 1. The first-order chi connectivity index (χ1) is 9.65. The smallest absolute Gasteiger partial charge is 0.252 e. The van der Waals surface area contributed by atoms with Gasteiger partial charge in [-0.3, -0.25) is 4.79 Å². The second-order valence-corrected chi connectivity index (χ2v) is 4.94. The number of carbonyl (C=O) groups excluding carboxylic acids is 1. The average Bonchev–Trinajstić information content (AvgIpc) is 3.13. The van der Waals surface area contributed by atoms with Gasteiger partial charge in [0.1, 0.15) is 11.6 Å². The van der Waals surface area contributed by atoms with E-state index in [0.717, 1.165) is 18.6 Å². The van der Waals surface area contributed by atoms with Gasteiger partial charge in [0.05, 0.1) is 30.3 Å². The van der Waals surface area contributed by atoms with Crippen LogP contribution in [0, 0.1) is 0 Å². The molecule has 1 amide bonds. The van der Waals surface area contributed by atoms with Gasteiger partial charge in [0, 0.05) is 6.04 Å². The number of nitrogen functional groups attached to an aromatic ring is 1. The Hall–Kier alpha value is -2.50. The Morgan fingerprint density at radius 1 is 1.50 bits per heavy atom. The average molecular weight is 272 g/mol. The molecule has 0 aromatic carbocycles. The summed E-state index contributed by atoms with van der Waals surface area (Å²) in [6, 6.07) is 5.68. The predicted molar refractivity (Wildman–Crippen MR) is 75.1 cm³/mol. The fourth-order valence-corrected chi connectivity index (χ4v) is 2.22. The normalized spacial score (nSPS) is 14.2. The highest BCUT2D eigenvalue weighted by atomic mass is 16.3. The Morgan fingerprint density at radius 2 is 2.30 bits per heavy atom. The van der Waals surface area contributed by atoms with Crippen LogP contribution < -0.4 is 16.4 Å². The molecule has 0 bridgehead atoms. The molecular weight excluding hydrogens is 256 g/mol. The summed E-state index contributed by atoms with van der Waals surface area (Å²) in [5.41, 5.74) is 11.9. The van der Waals surface area contributed by atoms with Gasteiger partial charge in [0.25, 0.3) is 5.91 Å². The molecule has 1 aliphatic rings. The zero-order valence-corrected chi connectivity index (χ0v) is 11.0. The maximum atomic E-state index is 11.6. The monoisotopic (exact) mass is 272 g/mol. The molecule has 6 nitrogen and oxygen atoms in total. The minimum Gasteiger partial charge on any atom is -0.467 e. The molecule has 20 heavy (non-hydrogen) atoms. The molecule has 0 unspecified atom stereocenters. The van der Waals surface area contributed by atoms with Crippen LogP contribution in [0.4, 0.5) is 11.5 Å². The van der Waals surface area contributed by atoms with Crippen molar-refractivity contribution in [3.63, 3.8) is 0 Å². The van der Waals surface area contributed by atoms with Crippen LogP contribution in [0.15, 0.2) is 35.1 Å². The number of nitrogens with zero attached hydrogens (tertiary/aromatic N) is 2. The molecule has 0 radical (unpaired) electrons. The molecule has 2 aromatic rings. The molecule has 2 heterocycles. The summed E-state index contributed by atoms with van der Waals surface area (Å²) in [6.45, 7) is 0.564. The predicted octanol–water partition coefficient (Wildman–Crippen LogP) is 1.52. The van der Waals surface area contributed by atoms with Crippen LogP contribution in [-0.2, 0) is 6.54 Å². The highest BCUT2D eigenvalue weighted by Crippen LogP contribution is 2.34. The van der Waals surface area contributed by atoms with Gasteiger partial charge in [-0.2, -0.15) is 0 Å². The molecule has 0 spiro atoms. The third kappa shape index (κ3) is 2.45. The Balaban J connectivity index is 1.97. The first-order valence-corrected chi connectivity index (χ1v) is 6.49. The van der Waals surface area contributed by atoms with Gasteiger partial charge in [-0.15, -0.1) is 0 Å². The van der Waals surface area contributed by atoms with Crippen molar-refractivity contribution in [2.24, 2.45) is 5.73 Å². The van der Waals surface area contributed by atoms with E-state index in [2.05, 4.69) is 9.88 Å². The Kier molecular flexibility index (Phi) is 3.06. The summed E-state index contributed by atoms with van der Waals surface area (Å²) in [7, 11) is 0. The maximum absolute atomic E-state index is 11.6. The van der Waals surface area contributed by atoms with E-state index >= 15 is 0 Å². The van der Waals surface area contributed by atoms with E-state index in [-0.39, 0.29) is 0 Å². The van der Waals surface area contributed by atoms with E-state index in [4.69, 9.17) is 15.9 Å². The number of furan rings is 1. The fourth-order valence-electron chi connectivity index (χ4n) is 2.22. The second-order valence-electron chi connectivity index (χ2n) is 4.94. The third-order valence-corrected chi connectivity index (χ3v) is 3.32. The Labute approximate surface area is 116 Å². The number of amides is 1. The van der Waals surface area contributed by atoms with E-state index in [1.807, 2.05) is 12.1 Å². The van der Waals surface area contributed by atoms with Crippen LogP contribution in [0.3, 0.4) is 0 Å². The summed E-state index contributed by atoms with van der Waals surface area (Å²) in [4.78, 5) is 18.0. The van der Waals surface area contributed by atoms with Crippen molar-refractivity contribution in [1.29, 1.82) is 0 Å². The minimum atomic E-state index is -0.523. The highest BCUT2D eigenvalue weighted by molar-refractivity contribution is 5.98. The number of hydrogen-bond acceptors (Lipinski definition) is 5. The van der Waals surface area contributed by atoms with Gasteiger partial charge in [-0.05, 0) is 31.0 Å². The van der Waals surface area contributed by atoms with Crippen molar-refractivity contribution >= 4 is 17.4 Å². The number of nitrogens with two attached hydrogens (primary N) is 2. The van der Waals surface area contributed by atoms with Crippen molar-refractivity contribution in [3.05, 3.63) is 42.0 Å². The molecule has 6 heteroatoms. The molecule has 1 fully saturated rings. The van der Waals surface area contributed by atoms with Gasteiger partial charge in [0.2, 0.25) is 0 Å². The summed E-state index contributed by atoms with van der Waals surface area (Å²) >= 11 is 0.